The van der Waals surface area contributed by atoms with E-state index in [1.54, 1.807) is 31.0 Å². The van der Waals surface area contributed by atoms with Crippen molar-refractivity contribution in [2.75, 3.05) is 33.3 Å². The lowest BCUT2D eigenvalue weighted by atomic mass is 9.97. The number of ether oxygens (including phenoxy) is 1. The Morgan fingerprint density at radius 2 is 1.91 bits per heavy atom. The molecule has 1 aromatic heterocycles. The molecule has 0 unspecified atom stereocenters. The van der Waals surface area contributed by atoms with E-state index in [1.165, 1.54) is 4.90 Å². The van der Waals surface area contributed by atoms with E-state index in [2.05, 4.69) is 10.1 Å². The van der Waals surface area contributed by atoms with Crippen LogP contribution in [0.2, 0.25) is 5.02 Å². The predicted molar refractivity (Wildman–Crippen MR) is 121 cm³/mol. The molecule has 10 heteroatoms. The van der Waals surface area contributed by atoms with E-state index in [4.69, 9.17) is 20.9 Å². The molecule has 0 saturated carbocycles. The lowest BCUT2D eigenvalue weighted by Crippen LogP contribution is -2.45. The zero-order valence-electron chi connectivity index (χ0n) is 19.0. The molecule has 9 nitrogen and oxygen atoms in total. The number of hydrogen-bond acceptors (Lipinski definition) is 7. The van der Waals surface area contributed by atoms with Crippen molar-refractivity contribution in [3.05, 3.63) is 35.2 Å². The summed E-state index contributed by atoms with van der Waals surface area (Å²) in [7, 11) is 1.62. The minimum atomic E-state index is -0.196. The first-order valence-corrected chi connectivity index (χ1v) is 11.5. The molecule has 0 radical (unpaired) electrons. The summed E-state index contributed by atoms with van der Waals surface area (Å²) in [6.45, 7) is 3.16. The monoisotopic (exact) mass is 476 g/mol. The van der Waals surface area contributed by atoms with Crippen molar-refractivity contribution in [3.63, 3.8) is 0 Å². The second kappa shape index (κ2) is 11.8. The van der Waals surface area contributed by atoms with Gasteiger partial charge in [-0.1, -0.05) is 16.8 Å². The van der Waals surface area contributed by atoms with Crippen molar-refractivity contribution in [2.45, 2.75) is 39.0 Å². The highest BCUT2D eigenvalue weighted by Crippen LogP contribution is 2.20. The average molecular weight is 477 g/mol. The number of carbonyl (C=O) groups excluding carboxylic acids is 3. The topological polar surface area (TPSA) is 106 Å². The molecule has 0 atom stereocenters. The molecule has 1 fully saturated rings. The van der Waals surface area contributed by atoms with E-state index in [0.717, 1.165) is 5.56 Å². The van der Waals surface area contributed by atoms with Gasteiger partial charge in [-0.25, -0.2) is 0 Å². The molecule has 3 rings (SSSR count). The second-order valence-electron chi connectivity index (χ2n) is 8.03. The minimum Gasteiger partial charge on any atom is -0.466 e. The Kier molecular flexibility index (Phi) is 8.82. The molecule has 178 valence electrons. The van der Waals surface area contributed by atoms with Crippen LogP contribution in [0.15, 0.2) is 28.8 Å². The van der Waals surface area contributed by atoms with Crippen molar-refractivity contribution in [2.24, 2.45) is 5.92 Å². The number of halogens is 1. The van der Waals surface area contributed by atoms with Crippen LogP contribution in [0.3, 0.4) is 0 Å². The van der Waals surface area contributed by atoms with Gasteiger partial charge in [-0.05, 0) is 50.5 Å². The number of rotatable bonds is 9. The van der Waals surface area contributed by atoms with E-state index in [-0.39, 0.29) is 36.7 Å². The van der Waals surface area contributed by atoms with Gasteiger partial charge in [0, 0.05) is 43.6 Å². The predicted octanol–water partition coefficient (Wildman–Crippen LogP) is 2.97. The van der Waals surface area contributed by atoms with Crippen LogP contribution in [0.1, 0.15) is 38.5 Å². The van der Waals surface area contributed by atoms with E-state index < -0.39 is 0 Å². The van der Waals surface area contributed by atoms with E-state index >= 15 is 0 Å². The standard InChI is InChI=1S/C23H29ClN4O5/c1-3-32-23(31)17-11-13-28(14-12-17)21(30)15-27(2)20(29)6-4-5-19-25-22(26-33-19)16-7-9-18(24)10-8-16/h7-10,17H,3-6,11-15H2,1-2H3. The molecule has 0 aliphatic carbocycles. The summed E-state index contributed by atoms with van der Waals surface area (Å²) in [6.07, 6.45) is 2.45. The minimum absolute atomic E-state index is 0.0180. The Morgan fingerprint density at radius 3 is 2.58 bits per heavy atom. The molecule has 1 aliphatic heterocycles. The Balaban J connectivity index is 1.38. The summed E-state index contributed by atoms with van der Waals surface area (Å²) in [6, 6.07) is 7.13. The van der Waals surface area contributed by atoms with Gasteiger partial charge in [0.25, 0.3) is 0 Å². The van der Waals surface area contributed by atoms with Gasteiger partial charge in [-0.2, -0.15) is 4.98 Å². The van der Waals surface area contributed by atoms with Gasteiger partial charge in [-0.3, -0.25) is 14.4 Å². The van der Waals surface area contributed by atoms with Gasteiger partial charge in [0.05, 0.1) is 19.1 Å². The quantitative estimate of drug-likeness (QED) is 0.512. The van der Waals surface area contributed by atoms with Crippen LogP contribution in [-0.2, 0) is 25.5 Å². The van der Waals surface area contributed by atoms with Crippen molar-refractivity contribution in [3.8, 4) is 11.4 Å². The van der Waals surface area contributed by atoms with Crippen LogP contribution in [0, 0.1) is 5.92 Å². The van der Waals surface area contributed by atoms with Crippen LogP contribution in [-0.4, -0.2) is 71.0 Å². The molecule has 2 aromatic rings. The molecule has 2 amide bonds. The number of carbonyl (C=O) groups is 3. The number of hydrogen-bond donors (Lipinski definition) is 0. The fraction of sp³-hybridized carbons (Fsp3) is 0.522. The molecular formula is C23H29ClN4O5. The summed E-state index contributed by atoms with van der Waals surface area (Å²) < 4.78 is 10.3. The van der Waals surface area contributed by atoms with Gasteiger partial charge in [0.2, 0.25) is 23.5 Å². The van der Waals surface area contributed by atoms with Gasteiger partial charge >= 0.3 is 5.97 Å². The molecule has 1 aromatic carbocycles. The summed E-state index contributed by atoms with van der Waals surface area (Å²) >= 11 is 5.89. The number of likely N-dealkylation sites (N-methyl/N-ethyl adjacent to an activating group) is 1. The molecular weight excluding hydrogens is 448 g/mol. The van der Waals surface area contributed by atoms with Crippen LogP contribution >= 0.6 is 11.6 Å². The normalized spacial score (nSPS) is 14.2. The first-order valence-electron chi connectivity index (χ1n) is 11.1. The fourth-order valence-electron chi connectivity index (χ4n) is 3.67. The third kappa shape index (κ3) is 7.02. The Hall–Kier alpha value is -2.94. The molecule has 0 bridgehead atoms. The molecule has 2 heterocycles. The lowest BCUT2D eigenvalue weighted by molar-refractivity contribution is -0.151. The number of likely N-dealkylation sites (tertiary alicyclic amines) is 1. The van der Waals surface area contributed by atoms with Crippen LogP contribution in [0.5, 0.6) is 0 Å². The Labute approximate surface area is 198 Å². The van der Waals surface area contributed by atoms with Crippen LogP contribution in [0.25, 0.3) is 11.4 Å². The maximum atomic E-state index is 12.5. The Morgan fingerprint density at radius 1 is 1.21 bits per heavy atom. The highest BCUT2D eigenvalue weighted by molar-refractivity contribution is 6.30. The zero-order valence-corrected chi connectivity index (χ0v) is 19.7. The van der Waals surface area contributed by atoms with Gasteiger partial charge in [-0.15, -0.1) is 0 Å². The number of nitrogens with zero attached hydrogens (tertiary/aromatic N) is 4. The number of benzene rings is 1. The van der Waals surface area contributed by atoms with E-state index in [9.17, 15) is 14.4 Å². The van der Waals surface area contributed by atoms with Gasteiger partial charge in [0.15, 0.2) is 0 Å². The summed E-state index contributed by atoms with van der Waals surface area (Å²) in [5.41, 5.74) is 0.801. The number of esters is 1. The fourth-order valence-corrected chi connectivity index (χ4v) is 3.80. The summed E-state index contributed by atoms with van der Waals surface area (Å²) in [5.74, 6) is 0.343. The van der Waals surface area contributed by atoms with Gasteiger partial charge < -0.3 is 19.1 Å². The van der Waals surface area contributed by atoms with E-state index in [0.29, 0.717) is 62.1 Å². The van der Waals surface area contributed by atoms with Crippen molar-refractivity contribution < 1.29 is 23.6 Å². The SMILES string of the molecule is CCOC(=O)C1CCN(C(=O)CN(C)C(=O)CCCc2nc(-c3ccc(Cl)cc3)no2)CC1. The molecule has 0 N–H and O–H groups in total. The number of aryl methyl sites for hydroxylation is 1. The molecule has 1 aliphatic rings. The largest absolute Gasteiger partial charge is 0.466 e. The van der Waals surface area contributed by atoms with Crippen molar-refractivity contribution in [1.82, 2.24) is 19.9 Å². The zero-order chi connectivity index (χ0) is 23.8. The second-order valence-corrected chi connectivity index (χ2v) is 8.47. The first kappa shape index (κ1) is 24.7. The van der Waals surface area contributed by atoms with Crippen LogP contribution in [0.4, 0.5) is 0 Å². The van der Waals surface area contributed by atoms with E-state index in [1.807, 2.05) is 12.1 Å². The smallest absolute Gasteiger partial charge is 0.309 e. The number of piperidine rings is 1. The Bertz CT molecular complexity index is 954. The maximum Gasteiger partial charge on any atom is 0.309 e. The molecule has 33 heavy (non-hydrogen) atoms. The summed E-state index contributed by atoms with van der Waals surface area (Å²) in [5, 5.41) is 4.59. The third-order valence-corrected chi connectivity index (χ3v) is 5.87. The molecule has 0 spiro atoms. The van der Waals surface area contributed by atoms with Gasteiger partial charge in [0.1, 0.15) is 0 Å². The number of amides is 2. The van der Waals surface area contributed by atoms with Crippen molar-refractivity contribution in [1.29, 1.82) is 0 Å². The lowest BCUT2D eigenvalue weighted by Gasteiger charge is -2.32. The average Bonchev–Trinajstić information content (AvgIpc) is 3.28. The third-order valence-electron chi connectivity index (χ3n) is 5.62. The van der Waals surface area contributed by atoms with Crippen molar-refractivity contribution >= 4 is 29.4 Å². The summed E-state index contributed by atoms with van der Waals surface area (Å²) in [4.78, 5) is 44.3. The van der Waals surface area contributed by atoms with Crippen LogP contribution < -0.4 is 0 Å². The molecule has 1 saturated heterocycles. The number of aromatic nitrogens is 2. The highest BCUT2D eigenvalue weighted by Gasteiger charge is 2.28. The highest BCUT2D eigenvalue weighted by atomic mass is 35.5. The maximum absolute atomic E-state index is 12.5. The first-order chi connectivity index (χ1) is 15.9.